The van der Waals surface area contributed by atoms with E-state index in [-0.39, 0.29) is 5.56 Å². The van der Waals surface area contributed by atoms with E-state index < -0.39 is 5.97 Å². The van der Waals surface area contributed by atoms with E-state index >= 15 is 0 Å². The van der Waals surface area contributed by atoms with Crippen molar-refractivity contribution < 1.29 is 14.6 Å². The molecule has 1 fully saturated rings. The van der Waals surface area contributed by atoms with Crippen LogP contribution in [-0.4, -0.2) is 17.7 Å². The molecule has 4 heteroatoms. The first-order valence-corrected chi connectivity index (χ1v) is 6.62. The second-order valence-corrected chi connectivity index (χ2v) is 5.27. The number of aromatic carboxylic acids is 1. The molecule has 1 saturated carbocycles. The molecule has 0 amide bonds. The van der Waals surface area contributed by atoms with Crippen LogP contribution in [0, 0.1) is 5.92 Å². The third kappa shape index (κ3) is 3.22. The van der Waals surface area contributed by atoms with Crippen molar-refractivity contribution in [2.75, 3.05) is 6.61 Å². The minimum Gasteiger partial charge on any atom is -0.492 e. The van der Waals surface area contributed by atoms with Gasteiger partial charge in [0.2, 0.25) is 0 Å². The highest BCUT2D eigenvalue weighted by atomic mass is 79.9. The van der Waals surface area contributed by atoms with E-state index in [9.17, 15) is 4.79 Å². The largest absolute Gasteiger partial charge is 0.492 e. The molecule has 0 unspecified atom stereocenters. The van der Waals surface area contributed by atoms with Gasteiger partial charge in [-0.2, -0.15) is 0 Å². The maximum absolute atomic E-state index is 10.8. The average molecular weight is 299 g/mol. The summed E-state index contributed by atoms with van der Waals surface area (Å²) in [5.41, 5.74) is 0.269. The highest BCUT2D eigenvalue weighted by Gasteiger charge is 2.16. The normalized spacial score (nSPS) is 16.1. The minimum atomic E-state index is -0.923. The first-order chi connectivity index (χ1) is 8.16. The molecule has 1 aromatic rings. The minimum absolute atomic E-state index is 0.269. The Morgan fingerprint density at radius 2 is 2.12 bits per heavy atom. The van der Waals surface area contributed by atoms with Crippen molar-refractivity contribution in [3.63, 3.8) is 0 Å². The Bertz CT molecular complexity index is 411. The van der Waals surface area contributed by atoms with Crippen LogP contribution in [0.4, 0.5) is 0 Å². The molecule has 1 aliphatic rings. The number of hydrogen-bond donors (Lipinski definition) is 1. The summed E-state index contributed by atoms with van der Waals surface area (Å²) in [4.78, 5) is 10.8. The maximum atomic E-state index is 10.8. The zero-order valence-corrected chi connectivity index (χ0v) is 11.1. The van der Waals surface area contributed by atoms with Crippen molar-refractivity contribution in [3.8, 4) is 5.75 Å². The molecule has 0 saturated heterocycles. The lowest BCUT2D eigenvalue weighted by Crippen LogP contribution is -2.08. The molecule has 3 nitrogen and oxygen atoms in total. The number of benzene rings is 1. The lowest BCUT2D eigenvalue weighted by Gasteiger charge is -2.12. The lowest BCUT2D eigenvalue weighted by molar-refractivity contribution is 0.0696. The second kappa shape index (κ2) is 5.54. The fourth-order valence-electron chi connectivity index (χ4n) is 2.14. The number of carboxylic acid groups (broad SMARTS) is 1. The van der Waals surface area contributed by atoms with Gasteiger partial charge in [0.25, 0.3) is 0 Å². The van der Waals surface area contributed by atoms with Gasteiger partial charge < -0.3 is 9.84 Å². The standard InChI is InChI=1S/C13H15BrO3/c14-11-7-10(13(15)16)5-6-12(11)17-8-9-3-1-2-4-9/h5-7,9H,1-4,8H2,(H,15,16). The van der Waals surface area contributed by atoms with Gasteiger partial charge in [0, 0.05) is 0 Å². The zero-order chi connectivity index (χ0) is 12.3. The van der Waals surface area contributed by atoms with Gasteiger partial charge >= 0.3 is 5.97 Å². The summed E-state index contributed by atoms with van der Waals surface area (Å²) in [5, 5.41) is 8.84. The van der Waals surface area contributed by atoms with E-state index in [1.165, 1.54) is 25.7 Å². The van der Waals surface area contributed by atoms with Crippen LogP contribution in [-0.2, 0) is 0 Å². The lowest BCUT2D eigenvalue weighted by atomic mass is 10.1. The smallest absolute Gasteiger partial charge is 0.335 e. The predicted octanol–water partition coefficient (Wildman–Crippen LogP) is 3.72. The van der Waals surface area contributed by atoms with E-state index in [0.29, 0.717) is 10.4 Å². The molecule has 0 aromatic heterocycles. The van der Waals surface area contributed by atoms with Crippen molar-refractivity contribution >= 4 is 21.9 Å². The van der Waals surface area contributed by atoms with Gasteiger partial charge in [-0.05, 0) is 52.9 Å². The summed E-state index contributed by atoms with van der Waals surface area (Å²) >= 11 is 3.34. The number of hydrogen-bond acceptors (Lipinski definition) is 2. The molecule has 1 aliphatic carbocycles. The Balaban J connectivity index is 1.98. The Kier molecular flexibility index (Phi) is 4.05. The van der Waals surface area contributed by atoms with Crippen molar-refractivity contribution in [3.05, 3.63) is 28.2 Å². The van der Waals surface area contributed by atoms with Crippen LogP contribution in [0.3, 0.4) is 0 Å². The van der Waals surface area contributed by atoms with E-state index in [0.717, 1.165) is 12.4 Å². The third-order valence-electron chi connectivity index (χ3n) is 3.13. The summed E-state index contributed by atoms with van der Waals surface area (Å²) in [6, 6.07) is 4.85. The summed E-state index contributed by atoms with van der Waals surface area (Å²) < 4.78 is 6.42. The Morgan fingerprint density at radius 3 is 2.71 bits per heavy atom. The Hall–Kier alpha value is -1.03. The molecule has 1 N–H and O–H groups in total. The van der Waals surface area contributed by atoms with Gasteiger partial charge in [-0.25, -0.2) is 4.79 Å². The van der Waals surface area contributed by atoms with Crippen LogP contribution in [0.2, 0.25) is 0 Å². The van der Waals surface area contributed by atoms with Crippen LogP contribution >= 0.6 is 15.9 Å². The number of halogens is 1. The van der Waals surface area contributed by atoms with E-state index in [4.69, 9.17) is 9.84 Å². The molecule has 0 bridgehead atoms. The first kappa shape index (κ1) is 12.4. The van der Waals surface area contributed by atoms with Crippen LogP contribution < -0.4 is 4.74 Å². The van der Waals surface area contributed by atoms with Crippen LogP contribution in [0.25, 0.3) is 0 Å². The van der Waals surface area contributed by atoms with Crippen molar-refractivity contribution in [2.24, 2.45) is 5.92 Å². The van der Waals surface area contributed by atoms with Gasteiger partial charge in [0.15, 0.2) is 0 Å². The average Bonchev–Trinajstić information content (AvgIpc) is 2.80. The van der Waals surface area contributed by atoms with Gasteiger partial charge in [0.05, 0.1) is 16.6 Å². The molecule has 92 valence electrons. The predicted molar refractivity (Wildman–Crippen MR) is 68.6 cm³/mol. The molecule has 0 spiro atoms. The summed E-state index contributed by atoms with van der Waals surface area (Å²) in [6.07, 6.45) is 5.08. The highest BCUT2D eigenvalue weighted by molar-refractivity contribution is 9.10. The van der Waals surface area contributed by atoms with Crippen LogP contribution in [0.5, 0.6) is 5.75 Å². The molecule has 0 heterocycles. The fourth-order valence-corrected chi connectivity index (χ4v) is 2.63. The molecular formula is C13H15BrO3. The van der Waals surface area contributed by atoms with Crippen molar-refractivity contribution in [1.82, 2.24) is 0 Å². The Morgan fingerprint density at radius 1 is 1.41 bits per heavy atom. The van der Waals surface area contributed by atoms with Gasteiger partial charge in [-0.3, -0.25) is 0 Å². The van der Waals surface area contributed by atoms with Gasteiger partial charge in [-0.15, -0.1) is 0 Å². The molecule has 2 rings (SSSR count). The molecular weight excluding hydrogens is 284 g/mol. The number of carboxylic acids is 1. The van der Waals surface area contributed by atoms with E-state index in [2.05, 4.69) is 15.9 Å². The molecule has 0 aliphatic heterocycles. The molecule has 1 aromatic carbocycles. The van der Waals surface area contributed by atoms with Crippen LogP contribution in [0.15, 0.2) is 22.7 Å². The zero-order valence-electron chi connectivity index (χ0n) is 9.49. The van der Waals surface area contributed by atoms with Crippen molar-refractivity contribution in [1.29, 1.82) is 0 Å². The third-order valence-corrected chi connectivity index (χ3v) is 3.75. The highest BCUT2D eigenvalue weighted by Crippen LogP contribution is 2.29. The molecule has 17 heavy (non-hydrogen) atoms. The number of ether oxygens (including phenoxy) is 1. The monoisotopic (exact) mass is 298 g/mol. The molecule has 0 radical (unpaired) electrons. The summed E-state index contributed by atoms with van der Waals surface area (Å²) in [7, 11) is 0. The van der Waals surface area contributed by atoms with Gasteiger partial charge in [-0.1, -0.05) is 12.8 Å². The Labute approximate surface area is 109 Å². The fraction of sp³-hybridized carbons (Fsp3) is 0.462. The first-order valence-electron chi connectivity index (χ1n) is 5.82. The maximum Gasteiger partial charge on any atom is 0.335 e. The molecule has 0 atom stereocenters. The van der Waals surface area contributed by atoms with E-state index in [1.54, 1.807) is 18.2 Å². The quantitative estimate of drug-likeness (QED) is 0.921. The second-order valence-electron chi connectivity index (χ2n) is 4.41. The van der Waals surface area contributed by atoms with E-state index in [1.807, 2.05) is 0 Å². The summed E-state index contributed by atoms with van der Waals surface area (Å²) in [6.45, 7) is 0.727. The topological polar surface area (TPSA) is 46.5 Å². The van der Waals surface area contributed by atoms with Crippen LogP contribution in [0.1, 0.15) is 36.0 Å². The number of carbonyl (C=O) groups is 1. The van der Waals surface area contributed by atoms with Gasteiger partial charge in [0.1, 0.15) is 5.75 Å². The SMILES string of the molecule is O=C(O)c1ccc(OCC2CCCC2)c(Br)c1. The summed E-state index contributed by atoms with van der Waals surface area (Å²) in [5.74, 6) is 0.455. The number of rotatable bonds is 4. The van der Waals surface area contributed by atoms with Crippen molar-refractivity contribution in [2.45, 2.75) is 25.7 Å².